The van der Waals surface area contributed by atoms with E-state index in [0.717, 1.165) is 48.3 Å². The van der Waals surface area contributed by atoms with Crippen LogP contribution in [0.1, 0.15) is 36.4 Å². The zero-order valence-electron chi connectivity index (χ0n) is 14.9. The maximum absolute atomic E-state index is 6.63. The largest absolute Gasteiger partial charge is 0.466 e. The third-order valence-corrected chi connectivity index (χ3v) is 6.33. The number of hydrogen-bond donors (Lipinski definition) is 0. The van der Waals surface area contributed by atoms with E-state index in [4.69, 9.17) is 9.84 Å². The average molecular weight is 412 g/mol. The van der Waals surface area contributed by atoms with E-state index in [1.54, 1.807) is 0 Å². The van der Waals surface area contributed by atoms with Crippen molar-refractivity contribution >= 4 is 21.6 Å². The highest BCUT2D eigenvalue weighted by atomic mass is 79.9. The molecule has 2 aromatic carbocycles. The Bertz CT molecular complexity index is 859. The number of ether oxygens (including phenoxy) is 1. The second-order valence-electron chi connectivity index (χ2n) is 7.51. The molecule has 0 bridgehead atoms. The Morgan fingerprint density at radius 1 is 1.12 bits per heavy atom. The third kappa shape index (κ3) is 2.57. The van der Waals surface area contributed by atoms with Gasteiger partial charge < -0.3 is 9.64 Å². The maximum atomic E-state index is 6.63. The predicted molar refractivity (Wildman–Crippen MR) is 106 cm³/mol. The maximum Gasteiger partial charge on any atom is 0.200 e. The van der Waals surface area contributed by atoms with Crippen molar-refractivity contribution in [3.8, 4) is 5.75 Å². The molecule has 5 rings (SSSR count). The van der Waals surface area contributed by atoms with Crippen LogP contribution in [-0.4, -0.2) is 41.5 Å². The highest BCUT2D eigenvalue weighted by molar-refractivity contribution is 9.10. The van der Waals surface area contributed by atoms with E-state index in [0.29, 0.717) is 0 Å². The monoisotopic (exact) mass is 411 g/mol. The third-order valence-electron chi connectivity index (χ3n) is 5.83. The number of nitrogens with zero attached hydrogens (tertiary/aromatic N) is 3. The van der Waals surface area contributed by atoms with Crippen LogP contribution in [0.5, 0.6) is 5.75 Å². The normalized spacial score (nSPS) is 24.0. The lowest BCUT2D eigenvalue weighted by Crippen LogP contribution is -2.58. The number of likely N-dealkylation sites (tertiary alicyclic amines) is 1. The zero-order chi connectivity index (χ0) is 17.7. The number of rotatable bonds is 1. The Kier molecular flexibility index (Phi) is 3.83. The lowest BCUT2D eigenvalue weighted by molar-refractivity contribution is -0.147. The first-order valence-corrected chi connectivity index (χ1v) is 10.0. The molecule has 0 N–H and O–H groups in total. The first-order chi connectivity index (χ1) is 12.6. The van der Waals surface area contributed by atoms with E-state index in [-0.39, 0.29) is 11.8 Å². The number of halogens is 1. The van der Waals surface area contributed by atoms with Crippen LogP contribution >= 0.6 is 15.9 Å². The molecule has 1 saturated heterocycles. The van der Waals surface area contributed by atoms with Crippen molar-refractivity contribution in [2.24, 2.45) is 5.10 Å². The molecule has 0 aliphatic carbocycles. The predicted octanol–water partition coefficient (Wildman–Crippen LogP) is 4.41. The van der Waals surface area contributed by atoms with E-state index >= 15 is 0 Å². The molecule has 134 valence electrons. The van der Waals surface area contributed by atoms with Crippen molar-refractivity contribution in [2.45, 2.75) is 31.0 Å². The molecule has 0 radical (unpaired) electrons. The first kappa shape index (κ1) is 16.3. The fraction of sp³-hybridized carbons (Fsp3) is 0.381. The van der Waals surface area contributed by atoms with Crippen LogP contribution in [0.3, 0.4) is 0 Å². The van der Waals surface area contributed by atoms with Gasteiger partial charge in [0, 0.05) is 42.4 Å². The van der Waals surface area contributed by atoms with Gasteiger partial charge in [-0.3, -0.25) is 0 Å². The Labute approximate surface area is 162 Å². The minimum absolute atomic E-state index is 0.245. The van der Waals surface area contributed by atoms with Crippen LogP contribution < -0.4 is 4.74 Å². The van der Waals surface area contributed by atoms with Crippen molar-refractivity contribution < 1.29 is 4.74 Å². The number of piperidine rings is 1. The van der Waals surface area contributed by atoms with Gasteiger partial charge in [-0.05, 0) is 30.8 Å². The highest BCUT2D eigenvalue weighted by Gasteiger charge is 2.51. The van der Waals surface area contributed by atoms with Gasteiger partial charge in [0.2, 0.25) is 5.72 Å². The van der Waals surface area contributed by atoms with Crippen LogP contribution in [-0.2, 0) is 0 Å². The summed E-state index contributed by atoms with van der Waals surface area (Å²) < 4.78 is 7.72. The van der Waals surface area contributed by atoms with Crippen molar-refractivity contribution in [1.29, 1.82) is 0 Å². The minimum atomic E-state index is -0.325. The molecule has 0 unspecified atom stereocenters. The molecule has 3 aliphatic heterocycles. The molecule has 3 heterocycles. The van der Waals surface area contributed by atoms with Gasteiger partial charge in [-0.2, -0.15) is 5.10 Å². The lowest BCUT2D eigenvalue weighted by Gasteiger charge is -2.50. The molecule has 1 fully saturated rings. The summed E-state index contributed by atoms with van der Waals surface area (Å²) in [6.07, 6.45) is 2.87. The van der Waals surface area contributed by atoms with E-state index in [2.05, 4.69) is 81.4 Å². The quantitative estimate of drug-likeness (QED) is 0.695. The van der Waals surface area contributed by atoms with Crippen LogP contribution in [0, 0.1) is 0 Å². The zero-order valence-corrected chi connectivity index (χ0v) is 16.4. The second kappa shape index (κ2) is 6.10. The number of benzene rings is 2. The molecule has 2 aromatic rings. The number of fused-ring (bicyclic) bond motifs is 4. The molecule has 1 spiro atoms. The summed E-state index contributed by atoms with van der Waals surface area (Å²) in [6, 6.07) is 17.2. The summed E-state index contributed by atoms with van der Waals surface area (Å²) in [5, 5.41) is 7.38. The summed E-state index contributed by atoms with van der Waals surface area (Å²) in [5.74, 6) is 1.02. The Hall–Kier alpha value is -1.85. The van der Waals surface area contributed by atoms with Crippen molar-refractivity contribution in [1.82, 2.24) is 9.91 Å². The molecule has 0 saturated carbocycles. The van der Waals surface area contributed by atoms with E-state index in [1.807, 2.05) is 0 Å². The average Bonchev–Trinajstić information content (AvgIpc) is 3.12. The SMILES string of the molecule is CN1CCC2(CC1)Oc1ccc(Br)cc1[C@@H]1CC(c3ccccc3)=NN12. The lowest BCUT2D eigenvalue weighted by atomic mass is 9.91. The van der Waals surface area contributed by atoms with Gasteiger partial charge in [-0.25, -0.2) is 5.01 Å². The fourth-order valence-electron chi connectivity index (χ4n) is 4.36. The van der Waals surface area contributed by atoms with Crippen molar-refractivity contribution in [3.63, 3.8) is 0 Å². The molecule has 1 atom stereocenters. The van der Waals surface area contributed by atoms with Gasteiger partial charge in [0.1, 0.15) is 5.75 Å². The summed E-state index contributed by atoms with van der Waals surface area (Å²) in [6.45, 7) is 2.07. The summed E-state index contributed by atoms with van der Waals surface area (Å²) in [7, 11) is 2.18. The van der Waals surface area contributed by atoms with Gasteiger partial charge in [0.15, 0.2) is 0 Å². The highest BCUT2D eigenvalue weighted by Crippen LogP contribution is 2.50. The molecule has 26 heavy (non-hydrogen) atoms. The molecular formula is C21H22BrN3O. The standard InChI is InChI=1S/C21H22BrN3O/c1-24-11-9-21(10-12-24)25-19(17-13-16(22)7-8-20(17)26-21)14-18(23-25)15-5-3-2-4-6-15/h2-8,13,19H,9-12,14H2,1H3/t19-/m0/s1. The smallest absolute Gasteiger partial charge is 0.200 e. The van der Waals surface area contributed by atoms with Gasteiger partial charge in [-0.15, -0.1) is 0 Å². The number of hydrazone groups is 1. The topological polar surface area (TPSA) is 28.1 Å². The van der Waals surface area contributed by atoms with Crippen molar-refractivity contribution in [2.75, 3.05) is 20.1 Å². The van der Waals surface area contributed by atoms with E-state index in [9.17, 15) is 0 Å². The van der Waals surface area contributed by atoms with E-state index in [1.165, 1.54) is 11.1 Å². The molecule has 0 amide bonds. The minimum Gasteiger partial charge on any atom is -0.466 e. The van der Waals surface area contributed by atoms with Crippen LogP contribution in [0.25, 0.3) is 0 Å². The van der Waals surface area contributed by atoms with Gasteiger partial charge >= 0.3 is 0 Å². The van der Waals surface area contributed by atoms with Crippen molar-refractivity contribution in [3.05, 3.63) is 64.1 Å². The summed E-state index contributed by atoms with van der Waals surface area (Å²) in [4.78, 5) is 2.37. The Balaban J connectivity index is 1.60. The molecule has 4 nitrogen and oxygen atoms in total. The van der Waals surface area contributed by atoms with Crippen LogP contribution in [0.2, 0.25) is 0 Å². The van der Waals surface area contributed by atoms with E-state index < -0.39 is 0 Å². The first-order valence-electron chi connectivity index (χ1n) is 9.24. The molecule has 0 aromatic heterocycles. The molecule has 3 aliphatic rings. The van der Waals surface area contributed by atoms with Gasteiger partial charge in [0.25, 0.3) is 0 Å². The fourth-order valence-corrected chi connectivity index (χ4v) is 4.74. The second-order valence-corrected chi connectivity index (χ2v) is 8.43. The number of hydrogen-bond acceptors (Lipinski definition) is 4. The van der Waals surface area contributed by atoms with Gasteiger partial charge in [-0.1, -0.05) is 46.3 Å². The van der Waals surface area contributed by atoms with Crippen LogP contribution in [0.15, 0.2) is 58.1 Å². The summed E-state index contributed by atoms with van der Waals surface area (Å²) >= 11 is 3.62. The Morgan fingerprint density at radius 3 is 2.65 bits per heavy atom. The Morgan fingerprint density at radius 2 is 1.88 bits per heavy atom. The van der Waals surface area contributed by atoms with Gasteiger partial charge in [0.05, 0.1) is 11.8 Å². The van der Waals surface area contributed by atoms with Crippen LogP contribution in [0.4, 0.5) is 0 Å². The molecule has 5 heteroatoms. The summed E-state index contributed by atoms with van der Waals surface area (Å²) in [5.41, 5.74) is 3.28. The molecular weight excluding hydrogens is 390 g/mol.